The average Bonchev–Trinajstić information content (AvgIpc) is 3.08. The second kappa shape index (κ2) is 9.86. The normalized spacial score (nSPS) is 12.4. The number of pyridine rings is 1. The maximum Gasteiger partial charge on any atom is 0.261 e. The van der Waals surface area contributed by atoms with Gasteiger partial charge >= 0.3 is 0 Å². The summed E-state index contributed by atoms with van der Waals surface area (Å²) in [6, 6.07) is 17.1. The Hall–Kier alpha value is -4.33. The van der Waals surface area contributed by atoms with Crippen LogP contribution in [0.4, 0.5) is 0 Å². The van der Waals surface area contributed by atoms with Gasteiger partial charge in [0.15, 0.2) is 0 Å². The van der Waals surface area contributed by atoms with Gasteiger partial charge in [-0.2, -0.15) is 0 Å². The van der Waals surface area contributed by atoms with E-state index >= 15 is 0 Å². The van der Waals surface area contributed by atoms with E-state index in [1.165, 1.54) is 4.90 Å². The molecule has 1 aromatic heterocycles. The maximum atomic E-state index is 12.6. The number of amides is 4. The lowest BCUT2D eigenvalue weighted by Crippen LogP contribution is -2.31. The van der Waals surface area contributed by atoms with E-state index in [-0.39, 0.29) is 43.1 Å². The summed E-state index contributed by atoms with van der Waals surface area (Å²) in [5.74, 6) is -1.20. The first-order valence-electron chi connectivity index (χ1n) is 10.5. The molecule has 3 aromatic rings. The van der Waals surface area contributed by atoms with Gasteiger partial charge in [-0.05, 0) is 47.5 Å². The number of benzene rings is 2. The molecule has 0 atom stereocenters. The van der Waals surface area contributed by atoms with Gasteiger partial charge in [-0.1, -0.05) is 24.3 Å². The molecule has 0 fully saturated rings. The van der Waals surface area contributed by atoms with Crippen LogP contribution < -0.4 is 10.6 Å². The standard InChI is InChI=1S/C25H22N4O4/c30-22(28-15-17-8-11-26-12-9-17)10-13-27-23(31)19-5-3-4-18(14-19)16-29-24(32)20-6-1-2-7-21(20)25(29)33/h1-9,11-12,14H,10,13,15-16H2,(H,27,31)(H,28,30). The molecule has 0 saturated heterocycles. The zero-order valence-electron chi connectivity index (χ0n) is 17.8. The summed E-state index contributed by atoms with van der Waals surface area (Å²) in [5.41, 5.74) is 2.77. The van der Waals surface area contributed by atoms with Gasteiger partial charge in [-0.15, -0.1) is 0 Å². The molecule has 0 aliphatic carbocycles. The second-order valence-corrected chi connectivity index (χ2v) is 7.58. The molecular formula is C25H22N4O4. The largest absolute Gasteiger partial charge is 0.352 e. The van der Waals surface area contributed by atoms with Gasteiger partial charge in [0.05, 0.1) is 17.7 Å². The first-order valence-corrected chi connectivity index (χ1v) is 10.5. The molecule has 0 spiro atoms. The number of carbonyl (C=O) groups excluding carboxylic acids is 4. The predicted molar refractivity (Wildman–Crippen MR) is 120 cm³/mol. The lowest BCUT2D eigenvalue weighted by Gasteiger charge is -2.14. The van der Waals surface area contributed by atoms with E-state index in [2.05, 4.69) is 15.6 Å². The molecule has 4 rings (SSSR count). The zero-order valence-corrected chi connectivity index (χ0v) is 17.8. The molecule has 0 saturated carbocycles. The Morgan fingerprint density at radius 1 is 0.818 bits per heavy atom. The lowest BCUT2D eigenvalue weighted by molar-refractivity contribution is -0.121. The van der Waals surface area contributed by atoms with Crippen LogP contribution in [0.3, 0.4) is 0 Å². The van der Waals surface area contributed by atoms with Crippen molar-refractivity contribution in [2.45, 2.75) is 19.5 Å². The van der Waals surface area contributed by atoms with Crippen molar-refractivity contribution in [2.24, 2.45) is 0 Å². The van der Waals surface area contributed by atoms with Gasteiger partial charge in [-0.25, -0.2) is 0 Å². The quantitative estimate of drug-likeness (QED) is 0.521. The average molecular weight is 442 g/mol. The third-order valence-electron chi connectivity index (χ3n) is 5.28. The van der Waals surface area contributed by atoms with Crippen molar-refractivity contribution in [2.75, 3.05) is 6.54 Å². The summed E-state index contributed by atoms with van der Waals surface area (Å²) in [6.45, 7) is 0.656. The van der Waals surface area contributed by atoms with E-state index < -0.39 is 0 Å². The van der Waals surface area contributed by atoms with Gasteiger partial charge in [0.1, 0.15) is 0 Å². The molecule has 1 aliphatic rings. The number of hydrogen-bond donors (Lipinski definition) is 2. The maximum absolute atomic E-state index is 12.6. The predicted octanol–water partition coefficient (Wildman–Crippen LogP) is 2.31. The first-order chi connectivity index (χ1) is 16.0. The van der Waals surface area contributed by atoms with Crippen LogP contribution >= 0.6 is 0 Å². The molecule has 2 heterocycles. The highest BCUT2D eigenvalue weighted by Crippen LogP contribution is 2.24. The number of carbonyl (C=O) groups is 4. The summed E-state index contributed by atoms with van der Waals surface area (Å²) in [6.07, 6.45) is 3.46. The molecule has 0 radical (unpaired) electrons. The molecule has 8 heteroatoms. The fraction of sp³-hybridized carbons (Fsp3) is 0.160. The fourth-order valence-electron chi connectivity index (χ4n) is 3.56. The summed E-state index contributed by atoms with van der Waals surface area (Å²) in [7, 11) is 0. The lowest BCUT2D eigenvalue weighted by atomic mass is 10.1. The highest BCUT2D eigenvalue weighted by atomic mass is 16.2. The number of aromatic nitrogens is 1. The van der Waals surface area contributed by atoms with Gasteiger partial charge in [-0.3, -0.25) is 29.1 Å². The minimum Gasteiger partial charge on any atom is -0.352 e. The number of fused-ring (bicyclic) bond motifs is 1. The van der Waals surface area contributed by atoms with Gasteiger partial charge in [0.2, 0.25) is 5.91 Å². The number of nitrogens with one attached hydrogen (secondary N) is 2. The highest BCUT2D eigenvalue weighted by molar-refractivity contribution is 6.21. The van der Waals surface area contributed by atoms with Crippen molar-refractivity contribution in [3.63, 3.8) is 0 Å². The molecular weight excluding hydrogens is 420 g/mol. The van der Waals surface area contributed by atoms with E-state index in [0.717, 1.165) is 5.56 Å². The first kappa shape index (κ1) is 21.9. The SMILES string of the molecule is O=C(CCNC(=O)c1cccc(CN2C(=O)c3ccccc3C2=O)c1)NCc1ccncc1. The summed E-state index contributed by atoms with van der Waals surface area (Å²) in [5, 5.41) is 5.51. The van der Waals surface area contributed by atoms with Crippen molar-refractivity contribution in [3.05, 3.63) is 101 Å². The summed E-state index contributed by atoms with van der Waals surface area (Å²) >= 11 is 0. The molecule has 33 heavy (non-hydrogen) atoms. The molecule has 0 unspecified atom stereocenters. The molecule has 166 valence electrons. The fourth-order valence-corrected chi connectivity index (χ4v) is 3.56. The Bertz CT molecular complexity index is 1170. The smallest absolute Gasteiger partial charge is 0.261 e. The number of imide groups is 1. The Kier molecular flexibility index (Phi) is 6.54. The number of hydrogen-bond acceptors (Lipinski definition) is 5. The van der Waals surface area contributed by atoms with E-state index in [1.807, 2.05) is 12.1 Å². The van der Waals surface area contributed by atoms with Crippen molar-refractivity contribution in [1.29, 1.82) is 0 Å². The van der Waals surface area contributed by atoms with E-state index in [1.54, 1.807) is 60.9 Å². The Balaban J connectivity index is 1.29. The molecule has 1 aliphatic heterocycles. The van der Waals surface area contributed by atoms with E-state index in [9.17, 15) is 19.2 Å². The van der Waals surface area contributed by atoms with Crippen LogP contribution in [0.2, 0.25) is 0 Å². The third kappa shape index (κ3) is 5.12. The van der Waals surface area contributed by atoms with Crippen LogP contribution in [0.1, 0.15) is 48.6 Å². The minimum absolute atomic E-state index is 0.0743. The van der Waals surface area contributed by atoms with E-state index in [4.69, 9.17) is 0 Å². The molecule has 2 aromatic carbocycles. The minimum atomic E-state index is -0.344. The highest BCUT2D eigenvalue weighted by Gasteiger charge is 2.34. The zero-order chi connectivity index (χ0) is 23.2. The molecule has 8 nitrogen and oxygen atoms in total. The van der Waals surface area contributed by atoms with Crippen LogP contribution in [-0.2, 0) is 17.9 Å². The van der Waals surface area contributed by atoms with E-state index in [0.29, 0.717) is 28.8 Å². The van der Waals surface area contributed by atoms with Crippen molar-refractivity contribution in [1.82, 2.24) is 20.5 Å². The number of rotatable bonds is 8. The van der Waals surface area contributed by atoms with Crippen molar-refractivity contribution >= 4 is 23.6 Å². The van der Waals surface area contributed by atoms with Crippen LogP contribution in [0.5, 0.6) is 0 Å². The molecule has 4 amide bonds. The Morgan fingerprint density at radius 2 is 1.52 bits per heavy atom. The van der Waals surface area contributed by atoms with Crippen LogP contribution in [0.25, 0.3) is 0 Å². The summed E-state index contributed by atoms with van der Waals surface area (Å²) < 4.78 is 0. The third-order valence-corrected chi connectivity index (χ3v) is 5.28. The van der Waals surface area contributed by atoms with Crippen LogP contribution in [0, 0.1) is 0 Å². The van der Waals surface area contributed by atoms with Gasteiger partial charge in [0.25, 0.3) is 17.7 Å². The topological polar surface area (TPSA) is 108 Å². The molecule has 2 N–H and O–H groups in total. The van der Waals surface area contributed by atoms with Crippen LogP contribution in [0.15, 0.2) is 73.1 Å². The number of nitrogens with zero attached hydrogens (tertiary/aromatic N) is 2. The molecule has 0 bridgehead atoms. The monoisotopic (exact) mass is 442 g/mol. The Labute approximate surface area is 190 Å². The van der Waals surface area contributed by atoms with Gasteiger partial charge < -0.3 is 10.6 Å². The Morgan fingerprint density at radius 3 is 2.21 bits per heavy atom. The second-order valence-electron chi connectivity index (χ2n) is 7.58. The summed E-state index contributed by atoms with van der Waals surface area (Å²) in [4.78, 5) is 54.7. The van der Waals surface area contributed by atoms with Crippen LogP contribution in [-0.4, -0.2) is 40.1 Å². The van der Waals surface area contributed by atoms with Crippen molar-refractivity contribution < 1.29 is 19.2 Å². The van der Waals surface area contributed by atoms with Gasteiger partial charge in [0, 0.05) is 37.5 Å². The van der Waals surface area contributed by atoms with Crippen molar-refractivity contribution in [3.8, 4) is 0 Å².